The van der Waals surface area contributed by atoms with Gasteiger partial charge in [-0.1, -0.05) is 6.07 Å². The molecule has 0 heterocycles. The molecule has 1 aromatic rings. The summed E-state index contributed by atoms with van der Waals surface area (Å²) < 4.78 is 0. The first-order valence-corrected chi connectivity index (χ1v) is 4.90. The zero-order valence-electron chi connectivity index (χ0n) is 9.85. The SMILES string of the molecule is CNc1c(C(=O)NN(C)C)cccc1[N+](=O)[O-]. The number of nitro benzene ring substituents is 1. The van der Waals surface area contributed by atoms with Gasteiger partial charge in [0.2, 0.25) is 0 Å². The number of amides is 1. The van der Waals surface area contributed by atoms with Crippen molar-refractivity contribution in [2.75, 3.05) is 26.5 Å². The summed E-state index contributed by atoms with van der Waals surface area (Å²) in [4.78, 5) is 22.1. The van der Waals surface area contributed by atoms with E-state index in [-0.39, 0.29) is 16.9 Å². The van der Waals surface area contributed by atoms with Crippen molar-refractivity contribution in [3.63, 3.8) is 0 Å². The number of benzene rings is 1. The van der Waals surface area contributed by atoms with Crippen LogP contribution in [0.1, 0.15) is 10.4 Å². The second-order valence-electron chi connectivity index (χ2n) is 3.54. The van der Waals surface area contributed by atoms with Gasteiger partial charge in [-0.05, 0) is 6.07 Å². The third-order valence-corrected chi connectivity index (χ3v) is 2.06. The zero-order chi connectivity index (χ0) is 13.0. The first kappa shape index (κ1) is 12.9. The molecule has 2 N–H and O–H groups in total. The molecule has 0 aliphatic heterocycles. The molecule has 0 aliphatic rings. The fourth-order valence-electron chi connectivity index (χ4n) is 1.41. The monoisotopic (exact) mass is 238 g/mol. The molecule has 0 bridgehead atoms. The van der Waals surface area contributed by atoms with Crippen LogP contribution in [-0.4, -0.2) is 37.0 Å². The molecule has 1 amide bonds. The van der Waals surface area contributed by atoms with E-state index in [0.29, 0.717) is 0 Å². The summed E-state index contributed by atoms with van der Waals surface area (Å²) in [5, 5.41) is 15.0. The Morgan fingerprint density at radius 3 is 2.53 bits per heavy atom. The lowest BCUT2D eigenvalue weighted by Crippen LogP contribution is -2.36. The molecule has 0 radical (unpaired) electrons. The number of hydrogen-bond acceptors (Lipinski definition) is 5. The first-order chi connectivity index (χ1) is 7.97. The van der Waals surface area contributed by atoms with Gasteiger partial charge >= 0.3 is 0 Å². The van der Waals surface area contributed by atoms with Crippen LogP contribution in [0.25, 0.3) is 0 Å². The van der Waals surface area contributed by atoms with Crippen LogP contribution in [0.4, 0.5) is 11.4 Å². The summed E-state index contributed by atoms with van der Waals surface area (Å²) in [7, 11) is 4.86. The van der Waals surface area contributed by atoms with Gasteiger partial charge in [-0.3, -0.25) is 20.3 Å². The average molecular weight is 238 g/mol. The number of carbonyl (C=O) groups is 1. The first-order valence-electron chi connectivity index (χ1n) is 4.90. The van der Waals surface area contributed by atoms with E-state index in [1.54, 1.807) is 14.1 Å². The molecular weight excluding hydrogens is 224 g/mol. The lowest BCUT2D eigenvalue weighted by Gasteiger charge is -2.14. The maximum absolute atomic E-state index is 11.8. The van der Waals surface area contributed by atoms with Crippen LogP contribution in [-0.2, 0) is 0 Å². The van der Waals surface area contributed by atoms with Crippen LogP contribution in [0.2, 0.25) is 0 Å². The summed E-state index contributed by atoms with van der Waals surface area (Å²) >= 11 is 0. The molecule has 0 spiro atoms. The molecule has 7 nitrogen and oxygen atoms in total. The second-order valence-corrected chi connectivity index (χ2v) is 3.54. The maximum atomic E-state index is 11.8. The Morgan fingerprint density at radius 1 is 1.41 bits per heavy atom. The quantitative estimate of drug-likeness (QED) is 0.599. The van der Waals surface area contributed by atoms with Crippen molar-refractivity contribution in [3.05, 3.63) is 33.9 Å². The molecule has 92 valence electrons. The highest BCUT2D eigenvalue weighted by Gasteiger charge is 2.20. The highest BCUT2D eigenvalue weighted by molar-refractivity contribution is 6.01. The Kier molecular flexibility index (Phi) is 4.00. The molecule has 17 heavy (non-hydrogen) atoms. The Bertz CT molecular complexity index is 445. The Morgan fingerprint density at radius 2 is 2.06 bits per heavy atom. The summed E-state index contributed by atoms with van der Waals surface area (Å²) in [6.45, 7) is 0. The highest BCUT2D eigenvalue weighted by atomic mass is 16.6. The Hall–Kier alpha value is -2.15. The summed E-state index contributed by atoms with van der Waals surface area (Å²) in [6, 6.07) is 4.35. The number of rotatable bonds is 4. The molecule has 7 heteroatoms. The van der Waals surface area contributed by atoms with E-state index in [1.807, 2.05) is 0 Å². The third kappa shape index (κ3) is 2.91. The van der Waals surface area contributed by atoms with Crippen molar-refractivity contribution in [2.24, 2.45) is 0 Å². The third-order valence-electron chi connectivity index (χ3n) is 2.06. The number of nitrogens with one attached hydrogen (secondary N) is 2. The van der Waals surface area contributed by atoms with E-state index in [9.17, 15) is 14.9 Å². The van der Waals surface area contributed by atoms with Gasteiger partial charge in [-0.2, -0.15) is 0 Å². The van der Waals surface area contributed by atoms with E-state index >= 15 is 0 Å². The highest BCUT2D eigenvalue weighted by Crippen LogP contribution is 2.27. The van der Waals surface area contributed by atoms with Crippen LogP contribution < -0.4 is 10.7 Å². The topological polar surface area (TPSA) is 87.5 Å². The standard InChI is InChI=1S/C10H14N4O3/c1-11-9-7(10(15)12-13(2)3)5-4-6-8(9)14(16)17/h4-6,11H,1-3H3,(H,12,15). The lowest BCUT2D eigenvalue weighted by atomic mass is 10.1. The van der Waals surface area contributed by atoms with E-state index < -0.39 is 10.8 Å². The molecule has 1 rings (SSSR count). The number of para-hydroxylation sites is 1. The number of hydrazine groups is 1. The van der Waals surface area contributed by atoms with Crippen molar-refractivity contribution in [3.8, 4) is 0 Å². The largest absolute Gasteiger partial charge is 0.382 e. The van der Waals surface area contributed by atoms with E-state index in [1.165, 1.54) is 30.3 Å². The smallest absolute Gasteiger partial charge is 0.293 e. The Labute approximate surface area is 98.5 Å². The number of nitro groups is 1. The zero-order valence-corrected chi connectivity index (χ0v) is 9.85. The molecule has 0 fully saturated rings. The molecule has 0 atom stereocenters. The molecule has 0 aliphatic carbocycles. The molecular formula is C10H14N4O3. The maximum Gasteiger partial charge on any atom is 0.293 e. The van der Waals surface area contributed by atoms with Crippen LogP contribution in [0.15, 0.2) is 18.2 Å². The summed E-state index contributed by atoms with van der Waals surface area (Å²) in [5.41, 5.74) is 2.84. The van der Waals surface area contributed by atoms with Crippen LogP contribution >= 0.6 is 0 Å². The van der Waals surface area contributed by atoms with Crippen molar-refractivity contribution in [1.29, 1.82) is 0 Å². The molecule has 1 aromatic carbocycles. The minimum absolute atomic E-state index is 0.126. The van der Waals surface area contributed by atoms with Gasteiger partial charge in [0.25, 0.3) is 11.6 Å². The normalized spacial score (nSPS) is 10.1. The lowest BCUT2D eigenvalue weighted by molar-refractivity contribution is -0.384. The van der Waals surface area contributed by atoms with Crippen molar-refractivity contribution >= 4 is 17.3 Å². The van der Waals surface area contributed by atoms with Crippen molar-refractivity contribution in [1.82, 2.24) is 10.4 Å². The van der Waals surface area contributed by atoms with E-state index in [0.717, 1.165) is 0 Å². The number of anilines is 1. The van der Waals surface area contributed by atoms with Gasteiger partial charge in [0, 0.05) is 27.2 Å². The van der Waals surface area contributed by atoms with Gasteiger partial charge in [0.15, 0.2) is 0 Å². The number of nitrogens with zero attached hydrogens (tertiary/aromatic N) is 2. The fourth-order valence-corrected chi connectivity index (χ4v) is 1.41. The summed E-state index contributed by atoms with van der Waals surface area (Å²) in [5.74, 6) is -0.400. The molecule has 0 saturated carbocycles. The van der Waals surface area contributed by atoms with Crippen LogP contribution in [0.5, 0.6) is 0 Å². The van der Waals surface area contributed by atoms with E-state index in [4.69, 9.17) is 0 Å². The average Bonchev–Trinajstić information content (AvgIpc) is 2.26. The molecule has 0 aromatic heterocycles. The Balaban J connectivity index is 3.20. The van der Waals surface area contributed by atoms with Crippen molar-refractivity contribution in [2.45, 2.75) is 0 Å². The van der Waals surface area contributed by atoms with Gasteiger partial charge in [-0.25, -0.2) is 5.01 Å². The number of carbonyl (C=O) groups excluding carboxylic acids is 1. The minimum Gasteiger partial charge on any atom is -0.382 e. The second kappa shape index (κ2) is 5.26. The predicted octanol–water partition coefficient (Wildman–Crippen LogP) is 0.843. The van der Waals surface area contributed by atoms with Crippen molar-refractivity contribution < 1.29 is 9.72 Å². The summed E-state index contributed by atoms with van der Waals surface area (Å²) in [6.07, 6.45) is 0. The predicted molar refractivity (Wildman–Crippen MR) is 63.8 cm³/mol. The van der Waals surface area contributed by atoms with Gasteiger partial charge in [-0.15, -0.1) is 0 Å². The molecule has 0 saturated heterocycles. The van der Waals surface area contributed by atoms with Gasteiger partial charge < -0.3 is 5.32 Å². The van der Waals surface area contributed by atoms with Gasteiger partial charge in [0.05, 0.1) is 10.5 Å². The number of hydrogen-bond donors (Lipinski definition) is 2. The van der Waals surface area contributed by atoms with Gasteiger partial charge in [0.1, 0.15) is 5.69 Å². The van der Waals surface area contributed by atoms with E-state index in [2.05, 4.69) is 10.7 Å². The van der Waals surface area contributed by atoms with Crippen LogP contribution in [0, 0.1) is 10.1 Å². The minimum atomic E-state index is -0.529. The fraction of sp³-hybridized carbons (Fsp3) is 0.300. The van der Waals surface area contributed by atoms with Crippen LogP contribution in [0.3, 0.4) is 0 Å². The molecule has 0 unspecified atom stereocenters.